The maximum atomic E-state index is 12.3. The monoisotopic (exact) mass is 398 g/mol. The van der Waals surface area contributed by atoms with Gasteiger partial charge in [0.05, 0.1) is 5.69 Å². The van der Waals surface area contributed by atoms with Gasteiger partial charge in [-0.3, -0.25) is 4.72 Å². The van der Waals surface area contributed by atoms with Crippen LogP contribution < -0.4 is 4.72 Å². The summed E-state index contributed by atoms with van der Waals surface area (Å²) in [5.74, 6) is 0. The van der Waals surface area contributed by atoms with Gasteiger partial charge in [0.15, 0.2) is 0 Å². The number of thiophene rings is 1. The van der Waals surface area contributed by atoms with Crippen LogP contribution in [-0.2, 0) is 10.0 Å². The number of anilines is 1. The zero-order valence-electron chi connectivity index (χ0n) is 13.5. The lowest BCUT2D eigenvalue weighted by Crippen LogP contribution is -2.11. The Balaban J connectivity index is 1.54. The average molecular weight is 399 g/mol. The molecule has 4 nitrogen and oxygen atoms in total. The molecule has 0 unspecified atom stereocenters. The molecular weight excluding hydrogens is 384 g/mol. The standard InChI is InChI=1S/C19H14N2O2S3/c22-26(23,18-7-4-12-24-18)21-16-10-8-14(9-11-16)17-13-25-19(20-17)15-5-2-1-3-6-15/h1-13,21H. The minimum Gasteiger partial charge on any atom is -0.279 e. The summed E-state index contributed by atoms with van der Waals surface area (Å²) in [5, 5.41) is 4.71. The first-order chi connectivity index (χ1) is 12.6. The Morgan fingerprint density at radius 2 is 1.58 bits per heavy atom. The Kier molecular flexibility index (Phi) is 4.58. The van der Waals surface area contributed by atoms with Crippen molar-refractivity contribution in [3.8, 4) is 21.8 Å². The fourth-order valence-corrected chi connectivity index (χ4v) is 5.34. The summed E-state index contributed by atoms with van der Waals surface area (Å²) in [6.45, 7) is 0. The van der Waals surface area contributed by atoms with E-state index in [0.29, 0.717) is 9.90 Å². The summed E-state index contributed by atoms with van der Waals surface area (Å²) >= 11 is 2.78. The lowest BCUT2D eigenvalue weighted by Gasteiger charge is -2.06. The minimum absolute atomic E-state index is 0.300. The lowest BCUT2D eigenvalue weighted by atomic mass is 10.1. The Bertz CT molecular complexity index is 1100. The largest absolute Gasteiger partial charge is 0.279 e. The molecule has 0 saturated carbocycles. The topological polar surface area (TPSA) is 59.1 Å². The smallest absolute Gasteiger partial charge is 0.271 e. The van der Waals surface area contributed by atoms with Gasteiger partial charge in [0.2, 0.25) is 0 Å². The molecule has 0 atom stereocenters. The molecule has 1 N–H and O–H groups in total. The van der Waals surface area contributed by atoms with E-state index in [9.17, 15) is 8.42 Å². The van der Waals surface area contributed by atoms with Crippen molar-refractivity contribution in [1.82, 2.24) is 4.98 Å². The van der Waals surface area contributed by atoms with Gasteiger partial charge < -0.3 is 0 Å². The second-order valence-corrected chi connectivity index (χ2v) is 9.23. The fraction of sp³-hybridized carbons (Fsp3) is 0. The first kappa shape index (κ1) is 17.0. The summed E-state index contributed by atoms with van der Waals surface area (Å²) < 4.78 is 27.4. The van der Waals surface area contributed by atoms with Crippen LogP contribution in [0.4, 0.5) is 5.69 Å². The van der Waals surface area contributed by atoms with Gasteiger partial charge in [0.1, 0.15) is 9.22 Å². The van der Waals surface area contributed by atoms with E-state index >= 15 is 0 Å². The highest BCUT2D eigenvalue weighted by Crippen LogP contribution is 2.29. The van der Waals surface area contributed by atoms with Crippen LogP contribution >= 0.6 is 22.7 Å². The molecule has 0 fully saturated rings. The highest BCUT2D eigenvalue weighted by Gasteiger charge is 2.15. The van der Waals surface area contributed by atoms with Crippen LogP contribution in [0.15, 0.2) is 81.7 Å². The third kappa shape index (κ3) is 3.55. The van der Waals surface area contributed by atoms with Crippen LogP contribution in [0.3, 0.4) is 0 Å². The SMILES string of the molecule is O=S(=O)(Nc1ccc(-c2csc(-c3ccccc3)n2)cc1)c1cccs1. The number of aromatic nitrogens is 1. The van der Waals surface area contributed by atoms with Gasteiger partial charge in [-0.2, -0.15) is 0 Å². The Hall–Kier alpha value is -2.48. The first-order valence-corrected chi connectivity index (χ1v) is 11.0. The molecule has 0 amide bonds. The number of hydrogen-bond acceptors (Lipinski definition) is 5. The van der Waals surface area contributed by atoms with Crippen molar-refractivity contribution in [2.75, 3.05) is 4.72 Å². The highest BCUT2D eigenvalue weighted by molar-refractivity contribution is 7.94. The molecule has 26 heavy (non-hydrogen) atoms. The molecule has 2 aromatic heterocycles. The van der Waals surface area contributed by atoms with Crippen LogP contribution in [0.25, 0.3) is 21.8 Å². The molecule has 0 radical (unpaired) electrons. The zero-order valence-corrected chi connectivity index (χ0v) is 15.9. The molecule has 0 bridgehead atoms. The number of rotatable bonds is 5. The molecule has 0 spiro atoms. The van der Waals surface area contributed by atoms with Crippen molar-refractivity contribution in [2.24, 2.45) is 0 Å². The van der Waals surface area contributed by atoms with Gasteiger partial charge >= 0.3 is 0 Å². The maximum Gasteiger partial charge on any atom is 0.271 e. The predicted molar refractivity (Wildman–Crippen MR) is 108 cm³/mol. The summed E-state index contributed by atoms with van der Waals surface area (Å²) in [7, 11) is -3.52. The molecule has 4 aromatic rings. The third-order valence-electron chi connectivity index (χ3n) is 3.72. The van der Waals surface area contributed by atoms with Crippen LogP contribution in [0, 0.1) is 0 Å². The van der Waals surface area contributed by atoms with E-state index < -0.39 is 10.0 Å². The van der Waals surface area contributed by atoms with Crippen molar-refractivity contribution >= 4 is 38.4 Å². The van der Waals surface area contributed by atoms with E-state index in [0.717, 1.165) is 21.8 Å². The normalized spacial score (nSPS) is 11.4. The van der Waals surface area contributed by atoms with Crippen LogP contribution in [0.1, 0.15) is 0 Å². The summed E-state index contributed by atoms with van der Waals surface area (Å²) in [5.41, 5.74) is 3.44. The van der Waals surface area contributed by atoms with Crippen LogP contribution in [0.5, 0.6) is 0 Å². The first-order valence-electron chi connectivity index (χ1n) is 7.79. The molecule has 2 heterocycles. The fourth-order valence-electron chi connectivity index (χ4n) is 2.45. The number of hydrogen-bond donors (Lipinski definition) is 1. The van der Waals surface area contributed by atoms with E-state index in [1.807, 2.05) is 47.8 Å². The van der Waals surface area contributed by atoms with Gasteiger partial charge in [-0.05, 0) is 23.6 Å². The average Bonchev–Trinajstić information content (AvgIpc) is 3.35. The predicted octanol–water partition coefficient (Wildman–Crippen LogP) is 5.34. The molecule has 2 aromatic carbocycles. The third-order valence-corrected chi connectivity index (χ3v) is 7.39. The summed E-state index contributed by atoms with van der Waals surface area (Å²) in [6, 6.07) is 20.6. The number of benzene rings is 2. The molecule has 4 rings (SSSR count). The van der Waals surface area contributed by atoms with Crippen molar-refractivity contribution in [2.45, 2.75) is 4.21 Å². The van der Waals surface area contributed by atoms with Crippen molar-refractivity contribution in [3.63, 3.8) is 0 Å². The maximum absolute atomic E-state index is 12.3. The molecule has 130 valence electrons. The van der Waals surface area contributed by atoms with Gasteiger partial charge in [0, 0.05) is 22.2 Å². The molecule has 0 saturated heterocycles. The van der Waals surface area contributed by atoms with Gasteiger partial charge in [-0.25, -0.2) is 13.4 Å². The second-order valence-electron chi connectivity index (χ2n) is 5.52. The van der Waals surface area contributed by atoms with Crippen molar-refractivity contribution in [3.05, 3.63) is 77.5 Å². The molecular formula is C19H14N2O2S3. The number of nitrogens with zero attached hydrogens (tertiary/aromatic N) is 1. The van der Waals surface area contributed by atoms with E-state index in [2.05, 4.69) is 9.71 Å². The molecule has 7 heteroatoms. The second kappa shape index (κ2) is 7.03. The molecule has 0 aliphatic heterocycles. The van der Waals surface area contributed by atoms with E-state index in [-0.39, 0.29) is 0 Å². The van der Waals surface area contributed by atoms with Crippen LogP contribution in [0.2, 0.25) is 0 Å². The van der Waals surface area contributed by atoms with E-state index in [1.54, 1.807) is 41.0 Å². The minimum atomic E-state index is -3.52. The number of nitrogens with one attached hydrogen (secondary N) is 1. The number of thiazole rings is 1. The highest BCUT2D eigenvalue weighted by atomic mass is 32.2. The zero-order chi connectivity index (χ0) is 18.0. The van der Waals surface area contributed by atoms with E-state index in [4.69, 9.17) is 0 Å². The lowest BCUT2D eigenvalue weighted by molar-refractivity contribution is 0.603. The Morgan fingerprint density at radius 3 is 2.27 bits per heavy atom. The van der Waals surface area contributed by atoms with Gasteiger partial charge in [-0.1, -0.05) is 48.5 Å². The molecule has 0 aliphatic carbocycles. The van der Waals surface area contributed by atoms with Crippen molar-refractivity contribution < 1.29 is 8.42 Å². The Morgan fingerprint density at radius 1 is 0.808 bits per heavy atom. The molecule has 0 aliphatic rings. The van der Waals surface area contributed by atoms with Crippen molar-refractivity contribution in [1.29, 1.82) is 0 Å². The van der Waals surface area contributed by atoms with Gasteiger partial charge in [0.25, 0.3) is 10.0 Å². The Labute approximate surface area is 159 Å². The van der Waals surface area contributed by atoms with E-state index in [1.165, 1.54) is 11.3 Å². The quantitative estimate of drug-likeness (QED) is 0.494. The number of sulfonamides is 1. The van der Waals surface area contributed by atoms with Gasteiger partial charge in [-0.15, -0.1) is 22.7 Å². The van der Waals surface area contributed by atoms with Crippen LogP contribution in [-0.4, -0.2) is 13.4 Å². The summed E-state index contributed by atoms with van der Waals surface area (Å²) in [4.78, 5) is 4.68. The summed E-state index contributed by atoms with van der Waals surface area (Å²) in [6.07, 6.45) is 0.